The maximum absolute atomic E-state index is 2.46. The standard InChI is InChI=1S/C10H19N.C9H18N2.C9H17N.C8H16N2.2C8H15N.C7H14N2.C7H15N.C5H11N/c1-9-3-5-10(6-4-9)7-11(2)8-10;1-10-5-3-9(4-6-10)7-11(2)8-9;1-8-3-4-9(5-8)6-10(2)7-9;1-9-3-7-5-10(2)6-8(7)4-9;2*1-7-3-8(4-7)5-9(2)6-8;1-8-3-7(4-8)5-9(2)6-7;1-7-3-5-8(2)6-4-7;1-5-3-6(2)4-5/h9H,3-8H2,1-2H3;3-8H2,1-2H3;8H,3-7H2,1-2H3;7-8H,3-6H2,1-2H3;2*7H,3-6H2,1-2H3;3-6H2,1-2H3;7H,3-6H2,1-2H3;5H,3-4H2,1-2H3/t;;8-;;;;;;/m..0....../s1. The summed E-state index contributed by atoms with van der Waals surface area (Å²) in [5.74, 6) is 7.98. The lowest BCUT2D eigenvalue weighted by molar-refractivity contribution is -0.0926. The van der Waals surface area contributed by atoms with Crippen LogP contribution in [0.4, 0.5) is 0 Å². The molecule has 1 atom stereocenters. The van der Waals surface area contributed by atoms with Crippen LogP contribution in [0.1, 0.15) is 138 Å². The van der Waals surface area contributed by atoms with Crippen LogP contribution in [0, 0.1) is 79.8 Å². The second-order valence-corrected chi connectivity index (χ2v) is 35.3. The minimum Gasteiger partial charge on any atom is -0.306 e. The molecule has 12 saturated heterocycles. The van der Waals surface area contributed by atoms with Crippen molar-refractivity contribution in [3.05, 3.63) is 0 Å². The highest BCUT2D eigenvalue weighted by Gasteiger charge is 2.51. The van der Waals surface area contributed by atoms with Gasteiger partial charge in [-0.2, -0.15) is 0 Å². The van der Waals surface area contributed by atoms with Crippen LogP contribution in [0.15, 0.2) is 0 Å². The van der Waals surface area contributed by atoms with Gasteiger partial charge >= 0.3 is 0 Å². The number of hydrogen-bond acceptors (Lipinski definition) is 12. The van der Waals surface area contributed by atoms with Gasteiger partial charge in [0.2, 0.25) is 0 Å². The minimum atomic E-state index is 0.737. The molecule has 0 unspecified atom stereocenters. The van der Waals surface area contributed by atoms with Crippen LogP contribution >= 0.6 is 0 Å². The fourth-order valence-electron chi connectivity index (χ4n) is 20.7. The maximum atomic E-state index is 2.46. The fourth-order valence-corrected chi connectivity index (χ4v) is 20.7. The average molecular weight is 1160 g/mol. The Morgan fingerprint density at radius 2 is 0.470 bits per heavy atom. The van der Waals surface area contributed by atoms with Gasteiger partial charge < -0.3 is 58.8 Å². The van der Waals surface area contributed by atoms with Crippen LogP contribution in [0.25, 0.3) is 0 Å². The van der Waals surface area contributed by atoms with E-state index in [-0.39, 0.29) is 0 Å². The van der Waals surface area contributed by atoms with Crippen LogP contribution in [0.5, 0.6) is 0 Å². The summed E-state index contributed by atoms with van der Waals surface area (Å²) in [6.07, 6.45) is 22.1. The normalized spacial score (nSPS) is 35.1. The molecule has 0 bridgehead atoms. The Labute approximate surface area is 515 Å². The first kappa shape index (κ1) is 68.4. The molecule has 6 spiro atoms. The molecule has 0 aromatic carbocycles. The summed E-state index contributed by atoms with van der Waals surface area (Å²) in [4.78, 5) is 29.1. The van der Waals surface area contributed by atoms with Gasteiger partial charge in [0.25, 0.3) is 0 Å². The van der Waals surface area contributed by atoms with Crippen molar-refractivity contribution in [1.29, 1.82) is 0 Å². The SMILES string of the molecule is CC1CC2(C1)CN(C)C2.CC1CC2(C1)CN(C)C2.CC1CCC2(CC1)CN(C)C2.CC1CCN(C)CC1.CC1CN(C)C1.CN1CC2(C1)CN(C)C2.CN1CC2CN(C)CC2C1.CN1CCC2(CC1)CN(C)C2.C[C@H]1CCC2(C1)CN(C)C2. The molecule has 12 heteroatoms. The zero-order chi connectivity index (χ0) is 60.1. The minimum absolute atomic E-state index is 0.737. The molecular formula is C71H140N12. The van der Waals surface area contributed by atoms with Crippen molar-refractivity contribution in [1.82, 2.24) is 58.8 Å². The van der Waals surface area contributed by atoms with Gasteiger partial charge in [0.1, 0.15) is 0 Å². The van der Waals surface area contributed by atoms with Gasteiger partial charge in [0.05, 0.1) is 0 Å². The molecule has 16 rings (SSSR count). The third-order valence-electron chi connectivity index (χ3n) is 24.0. The Hall–Kier alpha value is -0.480. The highest BCUT2D eigenvalue weighted by atomic mass is 15.3. The lowest BCUT2D eigenvalue weighted by atomic mass is 9.58. The quantitative estimate of drug-likeness (QED) is 0.233. The molecule has 16 aliphatic rings. The van der Waals surface area contributed by atoms with E-state index in [9.17, 15) is 0 Å². The molecule has 16 fully saturated rings. The molecule has 12 nitrogen and oxygen atoms in total. The van der Waals surface area contributed by atoms with Gasteiger partial charge in [0, 0.05) is 136 Å². The molecule has 0 aromatic rings. The third-order valence-corrected chi connectivity index (χ3v) is 24.0. The second kappa shape index (κ2) is 29.2. The van der Waals surface area contributed by atoms with E-state index in [0.717, 1.165) is 79.8 Å². The zero-order valence-corrected chi connectivity index (χ0v) is 58.6. The highest BCUT2D eigenvalue weighted by Crippen LogP contribution is 2.52. The summed E-state index contributed by atoms with van der Waals surface area (Å²) in [6, 6.07) is 0. The maximum Gasteiger partial charge on any atom is 0.0211 e. The number of nitrogens with zero attached hydrogens (tertiary/aromatic N) is 12. The summed E-state index contributed by atoms with van der Waals surface area (Å²) >= 11 is 0. The van der Waals surface area contributed by atoms with Gasteiger partial charge in [0.15, 0.2) is 0 Å². The van der Waals surface area contributed by atoms with Crippen molar-refractivity contribution < 1.29 is 0 Å². The van der Waals surface area contributed by atoms with E-state index >= 15 is 0 Å². The number of piperidine rings is 2. The molecule has 484 valence electrons. The van der Waals surface area contributed by atoms with Crippen LogP contribution < -0.4 is 0 Å². The first-order valence-electron chi connectivity index (χ1n) is 35.3. The lowest BCUT2D eigenvalue weighted by Gasteiger charge is -2.58. The van der Waals surface area contributed by atoms with Crippen molar-refractivity contribution in [3.8, 4) is 0 Å². The summed E-state index contributed by atoms with van der Waals surface area (Å²) < 4.78 is 0. The first-order valence-corrected chi connectivity index (χ1v) is 35.3. The second-order valence-electron chi connectivity index (χ2n) is 35.3. The van der Waals surface area contributed by atoms with Crippen molar-refractivity contribution in [2.75, 3.05) is 242 Å². The Kier molecular flexibility index (Phi) is 24.1. The molecule has 0 radical (unpaired) electrons. The lowest BCUT2D eigenvalue weighted by Crippen LogP contribution is -2.70. The Bertz CT molecular complexity index is 1640. The van der Waals surface area contributed by atoms with Gasteiger partial charge in [-0.25, -0.2) is 0 Å². The van der Waals surface area contributed by atoms with E-state index in [2.05, 4.69) is 185 Å². The Morgan fingerprint density at radius 3 is 0.759 bits per heavy atom. The summed E-state index contributed by atoms with van der Waals surface area (Å²) in [7, 11) is 26.6. The molecule has 12 heterocycles. The van der Waals surface area contributed by atoms with Gasteiger partial charge in [-0.1, -0.05) is 60.8 Å². The number of likely N-dealkylation sites (tertiary alicyclic amines) is 12. The molecule has 4 saturated carbocycles. The van der Waals surface area contributed by atoms with Gasteiger partial charge in [-0.15, -0.1) is 0 Å². The molecule has 4 aliphatic carbocycles. The van der Waals surface area contributed by atoms with Crippen molar-refractivity contribution >= 4 is 0 Å². The zero-order valence-electron chi connectivity index (χ0n) is 58.6. The van der Waals surface area contributed by atoms with Crippen LogP contribution in [-0.2, 0) is 0 Å². The Balaban J connectivity index is 0.000000122. The molecule has 12 aliphatic heterocycles. The van der Waals surface area contributed by atoms with E-state index in [1.165, 1.54) is 253 Å². The molecule has 0 N–H and O–H groups in total. The predicted molar refractivity (Wildman–Crippen MR) is 356 cm³/mol. The number of hydrogen-bond donors (Lipinski definition) is 0. The summed E-state index contributed by atoms with van der Waals surface area (Å²) in [5.41, 5.74) is 4.67. The van der Waals surface area contributed by atoms with Gasteiger partial charge in [-0.3, -0.25) is 0 Å². The van der Waals surface area contributed by atoms with Crippen LogP contribution in [0.2, 0.25) is 0 Å². The monoisotopic (exact) mass is 1160 g/mol. The van der Waals surface area contributed by atoms with Crippen molar-refractivity contribution in [2.24, 2.45) is 79.8 Å². The fraction of sp³-hybridized carbons (Fsp3) is 1.00. The van der Waals surface area contributed by atoms with Crippen LogP contribution in [0.3, 0.4) is 0 Å². The molecule has 0 amide bonds. The van der Waals surface area contributed by atoms with Gasteiger partial charge in [-0.05, 0) is 262 Å². The number of rotatable bonds is 0. The molecule has 83 heavy (non-hydrogen) atoms. The topological polar surface area (TPSA) is 38.9 Å². The molecular weight excluding hydrogens is 1020 g/mol. The third kappa shape index (κ3) is 19.5. The first-order chi connectivity index (χ1) is 39.0. The predicted octanol–water partition coefficient (Wildman–Crippen LogP) is 9.10. The Morgan fingerprint density at radius 1 is 0.205 bits per heavy atom. The largest absolute Gasteiger partial charge is 0.306 e. The van der Waals surface area contributed by atoms with Crippen LogP contribution in [-0.4, -0.2) is 300 Å². The van der Waals surface area contributed by atoms with Crippen molar-refractivity contribution in [2.45, 2.75) is 138 Å². The highest BCUT2D eigenvalue weighted by molar-refractivity contribution is 5.05. The average Bonchev–Trinajstić information content (AvgIpc) is 4.01. The van der Waals surface area contributed by atoms with E-state index in [0.29, 0.717) is 0 Å². The van der Waals surface area contributed by atoms with E-state index < -0.39 is 0 Å². The summed E-state index contributed by atoms with van der Waals surface area (Å²) in [5, 5.41) is 0. The van der Waals surface area contributed by atoms with E-state index in [4.69, 9.17) is 0 Å². The summed E-state index contributed by atoms with van der Waals surface area (Å²) in [6.45, 7) is 46.3. The van der Waals surface area contributed by atoms with E-state index in [1.807, 2.05) is 0 Å². The van der Waals surface area contributed by atoms with E-state index in [1.54, 1.807) is 0 Å². The molecule has 0 aromatic heterocycles. The smallest absolute Gasteiger partial charge is 0.0211 e. The van der Waals surface area contributed by atoms with Crippen molar-refractivity contribution in [3.63, 3.8) is 0 Å². The number of fused-ring (bicyclic) bond motifs is 1.